The van der Waals surface area contributed by atoms with Crippen molar-refractivity contribution in [3.63, 3.8) is 0 Å². The molecule has 0 unspecified atom stereocenters. The fourth-order valence-corrected chi connectivity index (χ4v) is 2.38. The van der Waals surface area contributed by atoms with Gasteiger partial charge in [-0.1, -0.05) is 0 Å². The Hall–Kier alpha value is -1.73. The van der Waals surface area contributed by atoms with E-state index in [9.17, 15) is 10.1 Å². The van der Waals surface area contributed by atoms with E-state index in [0.29, 0.717) is 19.8 Å². The van der Waals surface area contributed by atoms with E-state index in [2.05, 4.69) is 9.88 Å². The highest BCUT2D eigenvalue weighted by Gasteiger charge is 2.43. The molecule has 1 aromatic heterocycles. The lowest BCUT2D eigenvalue weighted by atomic mass is 10.2. The lowest BCUT2D eigenvalue weighted by Gasteiger charge is -2.22. The molecule has 0 radical (unpaired) electrons. The van der Waals surface area contributed by atoms with Crippen LogP contribution >= 0.6 is 0 Å². The summed E-state index contributed by atoms with van der Waals surface area (Å²) in [6, 6.07) is 3.12. The Morgan fingerprint density at radius 1 is 1.39 bits per heavy atom. The summed E-state index contributed by atoms with van der Waals surface area (Å²) in [4.78, 5) is 15.9. The molecule has 0 amide bonds. The quantitative estimate of drug-likeness (QED) is 0.575. The SMILES string of the molecule is O=[N+]([O-])c1ccc(N2CCC3(C2)OCCO3)cn1. The third kappa shape index (κ3) is 1.91. The summed E-state index contributed by atoms with van der Waals surface area (Å²) >= 11 is 0. The highest BCUT2D eigenvalue weighted by molar-refractivity contribution is 5.48. The molecule has 7 heteroatoms. The van der Waals surface area contributed by atoms with Crippen molar-refractivity contribution in [1.82, 2.24) is 4.98 Å². The van der Waals surface area contributed by atoms with Gasteiger partial charge in [0, 0.05) is 19.0 Å². The van der Waals surface area contributed by atoms with Gasteiger partial charge >= 0.3 is 5.82 Å². The Bertz CT molecular complexity index is 456. The number of nitro groups is 1. The minimum absolute atomic E-state index is 0.138. The number of pyridine rings is 1. The van der Waals surface area contributed by atoms with Gasteiger partial charge in [-0.15, -0.1) is 0 Å². The van der Waals surface area contributed by atoms with Gasteiger partial charge in [0.25, 0.3) is 0 Å². The fraction of sp³-hybridized carbons (Fsp3) is 0.545. The second kappa shape index (κ2) is 4.18. The van der Waals surface area contributed by atoms with Crippen LogP contribution < -0.4 is 4.90 Å². The number of rotatable bonds is 2. The number of hydrogen-bond acceptors (Lipinski definition) is 6. The standard InChI is InChI=1S/C11H13N3O4/c15-14(16)10-2-1-9(7-12-10)13-4-3-11(8-13)17-5-6-18-11/h1-2,7H,3-6,8H2. The summed E-state index contributed by atoms with van der Waals surface area (Å²) in [5.41, 5.74) is 0.858. The summed E-state index contributed by atoms with van der Waals surface area (Å²) in [7, 11) is 0. The van der Waals surface area contributed by atoms with Crippen LogP contribution in [0.2, 0.25) is 0 Å². The van der Waals surface area contributed by atoms with Gasteiger partial charge in [0.15, 0.2) is 12.0 Å². The molecule has 0 N–H and O–H groups in total. The summed E-state index contributed by atoms with van der Waals surface area (Å²) in [5, 5.41) is 10.5. The van der Waals surface area contributed by atoms with E-state index in [1.807, 2.05) is 0 Å². The van der Waals surface area contributed by atoms with Crippen LogP contribution in [0.5, 0.6) is 0 Å². The summed E-state index contributed by atoms with van der Waals surface area (Å²) in [6.45, 7) is 2.71. The molecule has 0 aromatic carbocycles. The molecule has 7 nitrogen and oxygen atoms in total. The van der Waals surface area contributed by atoms with Crippen molar-refractivity contribution in [2.45, 2.75) is 12.2 Å². The van der Waals surface area contributed by atoms with Gasteiger partial charge in [0.2, 0.25) is 0 Å². The first-order valence-electron chi connectivity index (χ1n) is 5.82. The molecular formula is C11H13N3O4. The topological polar surface area (TPSA) is 77.7 Å². The Morgan fingerprint density at radius 2 is 2.17 bits per heavy atom. The van der Waals surface area contributed by atoms with Crippen LogP contribution in [-0.4, -0.2) is 42.0 Å². The molecular weight excluding hydrogens is 238 g/mol. The monoisotopic (exact) mass is 251 g/mol. The Morgan fingerprint density at radius 3 is 2.78 bits per heavy atom. The molecule has 18 heavy (non-hydrogen) atoms. The molecule has 3 heterocycles. The minimum atomic E-state index is -0.502. The highest BCUT2D eigenvalue weighted by Crippen LogP contribution is 2.33. The van der Waals surface area contributed by atoms with Gasteiger partial charge in [-0.25, -0.2) is 0 Å². The van der Waals surface area contributed by atoms with E-state index in [1.165, 1.54) is 12.3 Å². The Kier molecular flexibility index (Phi) is 2.64. The number of hydrogen-bond donors (Lipinski definition) is 0. The van der Waals surface area contributed by atoms with Crippen molar-refractivity contribution in [1.29, 1.82) is 0 Å². The van der Waals surface area contributed by atoms with E-state index < -0.39 is 10.7 Å². The number of nitrogens with zero attached hydrogens (tertiary/aromatic N) is 3. The first-order valence-corrected chi connectivity index (χ1v) is 5.82. The van der Waals surface area contributed by atoms with Gasteiger partial charge in [-0.2, -0.15) is 0 Å². The van der Waals surface area contributed by atoms with Gasteiger partial charge in [0.05, 0.1) is 25.4 Å². The van der Waals surface area contributed by atoms with Crippen molar-refractivity contribution < 1.29 is 14.4 Å². The second-order valence-electron chi connectivity index (χ2n) is 4.41. The second-order valence-corrected chi connectivity index (χ2v) is 4.41. The van der Waals surface area contributed by atoms with E-state index >= 15 is 0 Å². The molecule has 0 bridgehead atoms. The minimum Gasteiger partial charge on any atom is -0.363 e. The maximum absolute atomic E-state index is 10.5. The maximum atomic E-state index is 10.5. The first-order chi connectivity index (χ1) is 8.69. The first kappa shape index (κ1) is 11.4. The summed E-state index contributed by atoms with van der Waals surface area (Å²) in [5.74, 6) is -0.622. The van der Waals surface area contributed by atoms with Crippen molar-refractivity contribution >= 4 is 11.5 Å². The van der Waals surface area contributed by atoms with Crippen molar-refractivity contribution in [2.75, 3.05) is 31.2 Å². The smallest absolute Gasteiger partial charge is 0.363 e. The fourth-order valence-electron chi connectivity index (χ4n) is 2.38. The van der Waals surface area contributed by atoms with Gasteiger partial charge in [-0.3, -0.25) is 0 Å². The van der Waals surface area contributed by atoms with Gasteiger partial charge < -0.3 is 24.5 Å². The van der Waals surface area contributed by atoms with Crippen molar-refractivity contribution in [2.24, 2.45) is 0 Å². The lowest BCUT2D eigenvalue weighted by molar-refractivity contribution is -0.389. The van der Waals surface area contributed by atoms with Crippen LogP contribution in [-0.2, 0) is 9.47 Å². The zero-order valence-electron chi connectivity index (χ0n) is 9.74. The van der Waals surface area contributed by atoms with Gasteiger partial charge in [0.1, 0.15) is 0 Å². The van der Waals surface area contributed by atoms with Crippen LogP contribution in [0.1, 0.15) is 6.42 Å². The van der Waals surface area contributed by atoms with E-state index in [4.69, 9.17) is 9.47 Å². The van der Waals surface area contributed by atoms with E-state index in [-0.39, 0.29) is 5.82 Å². The highest BCUT2D eigenvalue weighted by atomic mass is 16.7. The zero-order valence-corrected chi connectivity index (χ0v) is 9.74. The number of ether oxygens (including phenoxy) is 2. The molecule has 2 saturated heterocycles. The van der Waals surface area contributed by atoms with Crippen LogP contribution in [0, 0.1) is 10.1 Å². The summed E-state index contributed by atoms with van der Waals surface area (Å²) < 4.78 is 11.2. The van der Waals surface area contributed by atoms with Crippen LogP contribution in [0.3, 0.4) is 0 Å². The van der Waals surface area contributed by atoms with Crippen LogP contribution in [0.4, 0.5) is 11.5 Å². The molecule has 2 fully saturated rings. The summed E-state index contributed by atoms with van der Waals surface area (Å²) in [6.07, 6.45) is 2.33. The average molecular weight is 251 g/mol. The molecule has 96 valence electrons. The van der Waals surface area contributed by atoms with Crippen LogP contribution in [0.15, 0.2) is 18.3 Å². The Balaban J connectivity index is 1.74. The molecule has 1 spiro atoms. The average Bonchev–Trinajstić information content (AvgIpc) is 3.01. The number of anilines is 1. The molecule has 2 aliphatic heterocycles. The maximum Gasteiger partial charge on any atom is 0.363 e. The molecule has 3 rings (SSSR count). The van der Waals surface area contributed by atoms with Gasteiger partial charge in [-0.05, 0) is 16.0 Å². The van der Waals surface area contributed by atoms with E-state index in [1.54, 1.807) is 6.07 Å². The third-order valence-corrected chi connectivity index (χ3v) is 3.29. The molecule has 0 atom stereocenters. The molecule has 0 aliphatic carbocycles. The number of aromatic nitrogens is 1. The lowest BCUT2D eigenvalue weighted by Crippen LogP contribution is -2.34. The largest absolute Gasteiger partial charge is 0.363 e. The van der Waals surface area contributed by atoms with Crippen molar-refractivity contribution in [3.8, 4) is 0 Å². The third-order valence-electron chi connectivity index (χ3n) is 3.29. The molecule has 1 aromatic rings. The predicted molar refractivity (Wildman–Crippen MR) is 62.4 cm³/mol. The normalized spacial score (nSPS) is 21.7. The zero-order chi connectivity index (χ0) is 12.6. The van der Waals surface area contributed by atoms with E-state index in [0.717, 1.165) is 18.7 Å². The van der Waals surface area contributed by atoms with Crippen LogP contribution in [0.25, 0.3) is 0 Å². The van der Waals surface area contributed by atoms with Crippen molar-refractivity contribution in [3.05, 3.63) is 28.4 Å². The predicted octanol–water partition coefficient (Wildman–Crippen LogP) is 0.943. The Labute approximate surface area is 103 Å². The molecule has 2 aliphatic rings. The molecule has 0 saturated carbocycles.